The molecule has 0 amide bonds. The van der Waals surface area contributed by atoms with E-state index in [1.54, 1.807) is 0 Å². The van der Waals surface area contributed by atoms with Gasteiger partial charge in [-0.15, -0.1) is 0 Å². The van der Waals surface area contributed by atoms with Crippen LogP contribution in [0.25, 0.3) is 0 Å². The number of benzene rings is 1. The van der Waals surface area contributed by atoms with E-state index >= 15 is 0 Å². The summed E-state index contributed by atoms with van der Waals surface area (Å²) in [4.78, 5) is 0. The molecule has 1 fully saturated rings. The number of hydrogen-bond donors (Lipinski definition) is 1. The van der Waals surface area contributed by atoms with Crippen LogP contribution in [0.1, 0.15) is 38.7 Å². The van der Waals surface area contributed by atoms with E-state index in [-0.39, 0.29) is 5.41 Å². The van der Waals surface area contributed by atoms with Gasteiger partial charge in [0.25, 0.3) is 0 Å². The van der Waals surface area contributed by atoms with Gasteiger partial charge in [0.1, 0.15) is 0 Å². The first-order valence-electron chi connectivity index (χ1n) is 7.48. The minimum Gasteiger partial charge on any atom is -0.381 e. The van der Waals surface area contributed by atoms with Crippen LogP contribution in [0.5, 0.6) is 0 Å². The second kappa shape index (κ2) is 7.06. The first-order chi connectivity index (χ1) is 9.16. The molecule has 1 aliphatic carbocycles. The van der Waals surface area contributed by atoms with Crippen molar-refractivity contribution in [1.82, 2.24) is 5.32 Å². The van der Waals surface area contributed by atoms with E-state index in [2.05, 4.69) is 49.5 Å². The van der Waals surface area contributed by atoms with Gasteiger partial charge in [0.2, 0.25) is 0 Å². The van der Waals surface area contributed by atoms with Crippen LogP contribution in [-0.4, -0.2) is 19.8 Å². The van der Waals surface area contributed by atoms with Crippen molar-refractivity contribution < 1.29 is 4.74 Å². The molecule has 0 unspecified atom stereocenters. The Morgan fingerprint density at radius 3 is 2.58 bits per heavy atom. The maximum Gasteiger partial charge on any atom is 0.0529 e. The summed E-state index contributed by atoms with van der Waals surface area (Å²) in [6.07, 6.45) is 4.13. The van der Waals surface area contributed by atoms with Crippen molar-refractivity contribution in [2.75, 3.05) is 19.8 Å². The standard InChI is InChI=1S/C17H27NO/c1-17(2,14-19-12-16-9-6-10-16)13-18-11-15-7-4-3-5-8-15/h3-5,7-8,16,18H,6,9-14H2,1-2H3. The summed E-state index contributed by atoms with van der Waals surface area (Å²) in [7, 11) is 0. The summed E-state index contributed by atoms with van der Waals surface area (Å²) in [5.41, 5.74) is 1.55. The third kappa shape index (κ3) is 5.33. The maximum atomic E-state index is 5.87. The fraction of sp³-hybridized carbons (Fsp3) is 0.647. The summed E-state index contributed by atoms with van der Waals surface area (Å²) >= 11 is 0. The summed E-state index contributed by atoms with van der Waals surface area (Å²) in [6.45, 7) is 8.28. The van der Waals surface area contributed by atoms with Crippen LogP contribution in [0.2, 0.25) is 0 Å². The SMILES string of the molecule is CC(C)(CNCc1ccccc1)COCC1CCC1. The van der Waals surface area contributed by atoms with Gasteiger partial charge in [-0.1, -0.05) is 50.6 Å². The smallest absolute Gasteiger partial charge is 0.0529 e. The minimum atomic E-state index is 0.207. The Morgan fingerprint density at radius 2 is 1.95 bits per heavy atom. The highest BCUT2D eigenvalue weighted by atomic mass is 16.5. The molecule has 1 aliphatic rings. The van der Waals surface area contributed by atoms with E-state index < -0.39 is 0 Å². The molecule has 0 spiro atoms. The zero-order chi connectivity index (χ0) is 13.6. The average molecular weight is 261 g/mol. The van der Waals surface area contributed by atoms with E-state index in [1.807, 2.05) is 0 Å². The molecule has 0 aliphatic heterocycles. The fourth-order valence-corrected chi connectivity index (χ4v) is 2.35. The van der Waals surface area contributed by atoms with Crippen LogP contribution in [0, 0.1) is 11.3 Å². The van der Waals surface area contributed by atoms with E-state index in [0.29, 0.717) is 0 Å². The third-order valence-electron chi connectivity index (χ3n) is 3.85. The van der Waals surface area contributed by atoms with Crippen LogP contribution in [0.4, 0.5) is 0 Å². The molecule has 1 saturated carbocycles. The summed E-state index contributed by atoms with van der Waals surface area (Å²) in [6, 6.07) is 10.6. The molecule has 2 nitrogen and oxygen atoms in total. The Hall–Kier alpha value is -0.860. The van der Waals surface area contributed by atoms with Gasteiger partial charge < -0.3 is 10.1 Å². The third-order valence-corrected chi connectivity index (χ3v) is 3.85. The predicted molar refractivity (Wildman–Crippen MR) is 80.1 cm³/mol. The molecule has 0 saturated heterocycles. The van der Waals surface area contributed by atoms with Crippen molar-refractivity contribution in [1.29, 1.82) is 0 Å². The van der Waals surface area contributed by atoms with E-state index in [1.165, 1.54) is 24.8 Å². The molecule has 2 rings (SSSR count). The first-order valence-corrected chi connectivity index (χ1v) is 7.48. The molecule has 0 atom stereocenters. The summed E-state index contributed by atoms with van der Waals surface area (Å²) in [5, 5.41) is 3.53. The number of hydrogen-bond acceptors (Lipinski definition) is 2. The Labute approximate surface area is 117 Å². The van der Waals surface area contributed by atoms with Gasteiger partial charge in [0.15, 0.2) is 0 Å². The lowest BCUT2D eigenvalue weighted by atomic mass is 9.86. The monoisotopic (exact) mass is 261 g/mol. The van der Waals surface area contributed by atoms with Crippen molar-refractivity contribution in [2.24, 2.45) is 11.3 Å². The van der Waals surface area contributed by atoms with Crippen molar-refractivity contribution in [3.05, 3.63) is 35.9 Å². The highest BCUT2D eigenvalue weighted by Gasteiger charge is 2.21. The largest absolute Gasteiger partial charge is 0.381 e. The minimum absolute atomic E-state index is 0.207. The molecule has 0 bridgehead atoms. The Balaban J connectivity index is 1.59. The molecular weight excluding hydrogens is 234 g/mol. The van der Waals surface area contributed by atoms with Gasteiger partial charge in [-0.05, 0) is 24.3 Å². The average Bonchev–Trinajstić information content (AvgIpc) is 2.33. The number of rotatable bonds is 8. The molecule has 0 aromatic heterocycles. The Kier molecular flexibility index (Phi) is 5.41. The Bertz CT molecular complexity index is 357. The van der Waals surface area contributed by atoms with E-state index in [9.17, 15) is 0 Å². The second-order valence-electron chi connectivity index (χ2n) is 6.57. The molecule has 106 valence electrons. The molecule has 0 heterocycles. The summed E-state index contributed by atoms with van der Waals surface area (Å²) in [5.74, 6) is 0.841. The number of ether oxygens (including phenoxy) is 1. The molecule has 1 aromatic carbocycles. The van der Waals surface area contributed by atoms with Gasteiger partial charge in [-0.25, -0.2) is 0 Å². The zero-order valence-corrected chi connectivity index (χ0v) is 12.3. The van der Waals surface area contributed by atoms with Crippen molar-refractivity contribution >= 4 is 0 Å². The van der Waals surface area contributed by atoms with Crippen LogP contribution in [-0.2, 0) is 11.3 Å². The van der Waals surface area contributed by atoms with Gasteiger partial charge in [0, 0.05) is 25.1 Å². The highest BCUT2D eigenvalue weighted by Crippen LogP contribution is 2.27. The molecule has 1 aromatic rings. The van der Waals surface area contributed by atoms with Crippen LogP contribution in [0.15, 0.2) is 30.3 Å². The fourth-order valence-electron chi connectivity index (χ4n) is 2.35. The lowest BCUT2D eigenvalue weighted by Gasteiger charge is -2.29. The molecular formula is C17H27NO. The van der Waals surface area contributed by atoms with Crippen LogP contribution >= 0.6 is 0 Å². The topological polar surface area (TPSA) is 21.3 Å². The first kappa shape index (κ1) is 14.5. The molecule has 1 N–H and O–H groups in total. The molecule has 0 radical (unpaired) electrons. The summed E-state index contributed by atoms with van der Waals surface area (Å²) < 4.78 is 5.87. The zero-order valence-electron chi connectivity index (χ0n) is 12.3. The van der Waals surface area contributed by atoms with Crippen LogP contribution < -0.4 is 5.32 Å². The van der Waals surface area contributed by atoms with E-state index in [4.69, 9.17) is 4.74 Å². The highest BCUT2D eigenvalue weighted by molar-refractivity contribution is 5.14. The molecule has 2 heteroatoms. The maximum absolute atomic E-state index is 5.87. The quantitative estimate of drug-likeness (QED) is 0.771. The van der Waals surface area contributed by atoms with E-state index in [0.717, 1.165) is 32.2 Å². The Morgan fingerprint density at radius 1 is 1.21 bits per heavy atom. The van der Waals surface area contributed by atoms with Gasteiger partial charge in [-0.2, -0.15) is 0 Å². The normalized spacial score (nSPS) is 16.3. The van der Waals surface area contributed by atoms with Gasteiger partial charge in [-0.3, -0.25) is 0 Å². The van der Waals surface area contributed by atoms with Gasteiger partial charge in [0.05, 0.1) is 6.61 Å². The van der Waals surface area contributed by atoms with Crippen molar-refractivity contribution in [3.63, 3.8) is 0 Å². The van der Waals surface area contributed by atoms with Crippen molar-refractivity contribution in [2.45, 2.75) is 39.7 Å². The molecule has 19 heavy (non-hydrogen) atoms. The predicted octanol–water partition coefficient (Wildman–Crippen LogP) is 3.62. The number of nitrogens with one attached hydrogen (secondary N) is 1. The lowest BCUT2D eigenvalue weighted by molar-refractivity contribution is 0.0225. The van der Waals surface area contributed by atoms with Crippen LogP contribution in [0.3, 0.4) is 0 Å². The van der Waals surface area contributed by atoms with Gasteiger partial charge >= 0.3 is 0 Å². The lowest BCUT2D eigenvalue weighted by Crippen LogP contribution is -2.34. The van der Waals surface area contributed by atoms with Crippen molar-refractivity contribution in [3.8, 4) is 0 Å². The second-order valence-corrected chi connectivity index (χ2v) is 6.57.